The zero-order valence-electron chi connectivity index (χ0n) is 33.8. The maximum atomic E-state index is 14.4. The minimum atomic E-state index is -1.56. The number of carboxylic acids is 1. The molecule has 0 aliphatic carbocycles. The first-order valence-electron chi connectivity index (χ1n) is 20.6. The van der Waals surface area contributed by atoms with Crippen molar-refractivity contribution < 1.29 is 53.4 Å². The third-order valence-electron chi connectivity index (χ3n) is 14.3. The van der Waals surface area contributed by atoms with E-state index < -0.39 is 70.7 Å². The summed E-state index contributed by atoms with van der Waals surface area (Å²) < 4.78 is 33.2. The molecule has 0 aromatic rings. The van der Waals surface area contributed by atoms with Crippen molar-refractivity contribution in [3.05, 3.63) is 12.2 Å². The van der Waals surface area contributed by atoms with Crippen LogP contribution in [0.3, 0.4) is 0 Å². The summed E-state index contributed by atoms with van der Waals surface area (Å²) in [4.78, 5) is 40.0. The molecule has 4 saturated heterocycles. The van der Waals surface area contributed by atoms with E-state index in [1.165, 1.54) is 6.08 Å². The van der Waals surface area contributed by atoms with Gasteiger partial charge in [-0.15, -0.1) is 0 Å². The summed E-state index contributed by atoms with van der Waals surface area (Å²) in [7, 11) is 0. The van der Waals surface area contributed by atoms with Crippen molar-refractivity contribution in [3.8, 4) is 0 Å². The van der Waals surface area contributed by atoms with Crippen LogP contribution in [0.4, 0.5) is 0 Å². The lowest BCUT2D eigenvalue weighted by molar-refractivity contribution is -0.378. The van der Waals surface area contributed by atoms with Crippen molar-refractivity contribution in [1.29, 1.82) is 0 Å². The summed E-state index contributed by atoms with van der Waals surface area (Å²) in [6.07, 6.45) is 5.84. The second-order valence-corrected chi connectivity index (χ2v) is 17.8. The molecule has 4 fully saturated rings. The van der Waals surface area contributed by atoms with Crippen LogP contribution >= 0.6 is 0 Å². The van der Waals surface area contributed by atoms with E-state index in [9.17, 15) is 29.7 Å². The van der Waals surface area contributed by atoms with Gasteiger partial charge < -0.3 is 39.0 Å². The minimum Gasteiger partial charge on any atom is -0.481 e. The Balaban J connectivity index is 1.31. The van der Waals surface area contributed by atoms with Gasteiger partial charge in [0.25, 0.3) is 0 Å². The standard InChI is InChI=1S/C42H68O11/c1-11-29(38(46)47)31-15-14-23(4)36(50-31)27(8)34(44)26(7)35(45)30(12-2)37-24(5)22-25(6)41(51-37)19-16-32(43)42(53-41)21-20-39(10,52-42)33-17-18-40(48,13-3)28(9)49-33/h16,19,23-31,33-34,36-37,44,48H,11-15,17-18,20-22H2,1-10H3,(H,46,47)/t23-,24-,25+,26-,27-,28-,29+,30-,31+,33+,34+,36+,37?,39-,40+,41-,42-/m0/s1. The van der Waals surface area contributed by atoms with Gasteiger partial charge in [0, 0.05) is 30.1 Å². The molecule has 0 saturated carbocycles. The van der Waals surface area contributed by atoms with Crippen LogP contribution in [0.5, 0.6) is 0 Å². The summed E-state index contributed by atoms with van der Waals surface area (Å²) in [5, 5.41) is 32.5. The largest absolute Gasteiger partial charge is 0.481 e. The fourth-order valence-electron chi connectivity index (χ4n) is 10.4. The number of carbonyl (C=O) groups excluding carboxylic acids is 2. The van der Waals surface area contributed by atoms with Crippen LogP contribution in [0.2, 0.25) is 0 Å². The van der Waals surface area contributed by atoms with Gasteiger partial charge >= 0.3 is 5.97 Å². The van der Waals surface area contributed by atoms with Crippen LogP contribution in [-0.2, 0) is 38.1 Å². The Morgan fingerprint density at radius 2 is 1.58 bits per heavy atom. The Labute approximate surface area is 316 Å². The van der Waals surface area contributed by atoms with E-state index in [0.717, 1.165) is 6.42 Å². The van der Waals surface area contributed by atoms with E-state index in [4.69, 9.17) is 23.7 Å². The molecule has 5 aliphatic rings. The Morgan fingerprint density at radius 3 is 2.19 bits per heavy atom. The molecular weight excluding hydrogens is 680 g/mol. The van der Waals surface area contributed by atoms with E-state index in [0.29, 0.717) is 57.8 Å². The molecule has 5 heterocycles. The van der Waals surface area contributed by atoms with Crippen LogP contribution in [0.1, 0.15) is 133 Å². The second kappa shape index (κ2) is 16.0. The van der Waals surface area contributed by atoms with Crippen molar-refractivity contribution in [3.63, 3.8) is 0 Å². The zero-order valence-corrected chi connectivity index (χ0v) is 33.8. The predicted molar refractivity (Wildman–Crippen MR) is 198 cm³/mol. The van der Waals surface area contributed by atoms with E-state index in [-0.39, 0.29) is 47.6 Å². The monoisotopic (exact) mass is 748 g/mol. The van der Waals surface area contributed by atoms with Gasteiger partial charge in [0.15, 0.2) is 5.79 Å². The van der Waals surface area contributed by atoms with Crippen molar-refractivity contribution >= 4 is 17.5 Å². The second-order valence-electron chi connectivity index (χ2n) is 17.8. The number of rotatable bonds is 12. The van der Waals surface area contributed by atoms with Crippen molar-refractivity contribution in [1.82, 2.24) is 0 Å². The molecular formula is C42H68O11. The first-order valence-corrected chi connectivity index (χ1v) is 20.6. The van der Waals surface area contributed by atoms with Gasteiger partial charge in [-0.25, -0.2) is 0 Å². The van der Waals surface area contributed by atoms with Gasteiger partial charge in [-0.2, -0.15) is 0 Å². The van der Waals surface area contributed by atoms with Crippen molar-refractivity contribution in [2.75, 3.05) is 0 Å². The number of Topliss-reactive ketones (excluding diaryl/α,β-unsaturated/α-hetero) is 1. The normalized spacial score (nSPS) is 44.8. The van der Waals surface area contributed by atoms with Crippen LogP contribution in [0, 0.1) is 41.4 Å². The highest BCUT2D eigenvalue weighted by Gasteiger charge is 2.63. The molecule has 0 bridgehead atoms. The average Bonchev–Trinajstić information content (AvgIpc) is 3.47. The van der Waals surface area contributed by atoms with Crippen LogP contribution in [-0.4, -0.2) is 92.3 Å². The number of ether oxygens (including phenoxy) is 5. The summed E-state index contributed by atoms with van der Waals surface area (Å²) in [6, 6.07) is 0. The molecule has 0 aromatic heterocycles. The highest BCUT2D eigenvalue weighted by atomic mass is 16.8. The molecule has 11 heteroatoms. The predicted octanol–water partition coefficient (Wildman–Crippen LogP) is 6.40. The maximum Gasteiger partial charge on any atom is 0.309 e. The number of carbonyl (C=O) groups is 3. The third-order valence-corrected chi connectivity index (χ3v) is 14.3. The van der Waals surface area contributed by atoms with Crippen LogP contribution in [0.15, 0.2) is 12.2 Å². The highest BCUT2D eigenvalue weighted by Crippen LogP contribution is 2.53. The first-order chi connectivity index (χ1) is 24.8. The smallest absolute Gasteiger partial charge is 0.309 e. The number of aliphatic carboxylic acids is 1. The summed E-state index contributed by atoms with van der Waals surface area (Å²) in [6.45, 7) is 19.4. The van der Waals surface area contributed by atoms with Gasteiger partial charge in [0.05, 0.1) is 53.7 Å². The lowest BCUT2D eigenvalue weighted by Gasteiger charge is -2.53. The Kier molecular flexibility index (Phi) is 12.8. The van der Waals surface area contributed by atoms with Crippen LogP contribution in [0.25, 0.3) is 0 Å². The van der Waals surface area contributed by atoms with E-state index in [2.05, 4.69) is 13.8 Å². The number of hydrogen-bond donors (Lipinski definition) is 3. The van der Waals surface area contributed by atoms with Crippen molar-refractivity contribution in [2.45, 2.75) is 193 Å². The van der Waals surface area contributed by atoms with Gasteiger partial charge in [-0.05, 0) is 95.6 Å². The number of ketones is 2. The zero-order chi connectivity index (χ0) is 39.3. The molecule has 53 heavy (non-hydrogen) atoms. The topological polar surface area (TPSA) is 158 Å². The van der Waals surface area contributed by atoms with Gasteiger partial charge in [-0.1, -0.05) is 55.4 Å². The molecule has 0 aromatic carbocycles. The quantitative estimate of drug-likeness (QED) is 0.203. The van der Waals surface area contributed by atoms with Gasteiger partial charge in [-0.3, -0.25) is 14.4 Å². The lowest BCUT2D eigenvalue weighted by Crippen LogP contribution is -2.62. The van der Waals surface area contributed by atoms with Crippen molar-refractivity contribution in [2.24, 2.45) is 41.4 Å². The molecule has 0 amide bonds. The van der Waals surface area contributed by atoms with E-state index in [1.807, 2.05) is 48.5 Å². The number of hydrogen-bond acceptors (Lipinski definition) is 10. The number of aliphatic hydroxyl groups excluding tert-OH is 1. The van der Waals surface area contributed by atoms with Gasteiger partial charge in [0.1, 0.15) is 5.78 Å². The summed E-state index contributed by atoms with van der Waals surface area (Å²) in [5.74, 6) is -6.46. The minimum absolute atomic E-state index is 0.00877. The van der Waals surface area contributed by atoms with Crippen LogP contribution < -0.4 is 0 Å². The third kappa shape index (κ3) is 7.83. The summed E-state index contributed by atoms with van der Waals surface area (Å²) in [5.41, 5.74) is -1.71. The Hall–Kier alpha value is -1.73. The number of aliphatic hydroxyl groups is 2. The maximum absolute atomic E-state index is 14.4. The Bertz CT molecular complexity index is 1370. The average molecular weight is 749 g/mol. The molecule has 3 N–H and O–H groups in total. The molecule has 302 valence electrons. The SMILES string of the molecule is CC[C@@H](C(=O)[C@@H](C)[C@@H](O)[C@H](C)[C@@H]1O[C@@H]([C@@H](CC)C(=O)O)CC[C@@H]1C)C1O[C@]2(C=CC(=O)[C@]3(CC[C@@](C)([C@H]4CC[C@](O)(CC)[C@H](C)O4)O3)O2)[C@H](C)C[C@@H]1C. The summed E-state index contributed by atoms with van der Waals surface area (Å²) >= 11 is 0. The fraction of sp³-hybridized carbons (Fsp3) is 0.881. The molecule has 1 unspecified atom stereocenters. The Morgan fingerprint density at radius 1 is 0.906 bits per heavy atom. The molecule has 17 atom stereocenters. The van der Waals surface area contributed by atoms with Gasteiger partial charge in [0.2, 0.25) is 11.6 Å². The molecule has 2 spiro atoms. The molecule has 5 aliphatic heterocycles. The molecule has 11 nitrogen and oxygen atoms in total. The fourth-order valence-corrected chi connectivity index (χ4v) is 10.4. The van der Waals surface area contributed by atoms with E-state index in [1.54, 1.807) is 13.0 Å². The lowest BCUT2D eigenvalue weighted by atomic mass is 9.72. The highest BCUT2D eigenvalue weighted by molar-refractivity contribution is 5.97. The molecule has 0 radical (unpaired) electrons. The number of carboxylic acid groups (broad SMARTS) is 1. The first kappa shape index (κ1) is 42.4. The molecule has 5 rings (SSSR count). The van der Waals surface area contributed by atoms with E-state index >= 15 is 0 Å².